The van der Waals surface area contributed by atoms with E-state index in [0.29, 0.717) is 31.6 Å². The van der Waals surface area contributed by atoms with Crippen molar-refractivity contribution in [3.8, 4) is 0 Å². The van der Waals surface area contributed by atoms with Crippen molar-refractivity contribution in [3.05, 3.63) is 33.9 Å². The number of nitrogens with zero attached hydrogens (tertiary/aromatic N) is 2. The highest BCUT2D eigenvalue weighted by molar-refractivity contribution is 5.93. The van der Waals surface area contributed by atoms with Crippen molar-refractivity contribution in [2.75, 3.05) is 18.0 Å². The molecule has 0 aromatic heterocycles. The number of carbonyl (C=O) groups excluding carboxylic acids is 1. The number of piperidine rings is 1. The van der Waals surface area contributed by atoms with E-state index >= 15 is 0 Å². The number of nitro groups is 1. The molecule has 0 bridgehead atoms. The number of carbonyl (C=O) groups is 2. The summed E-state index contributed by atoms with van der Waals surface area (Å²) in [6, 6.07) is 4.01. The van der Waals surface area contributed by atoms with Gasteiger partial charge in [-0.25, -0.2) is 4.79 Å². The zero-order valence-corrected chi connectivity index (χ0v) is 11.2. The van der Waals surface area contributed by atoms with Crippen molar-refractivity contribution >= 4 is 23.3 Å². The summed E-state index contributed by atoms with van der Waals surface area (Å²) in [6.07, 6.45) is 1.18. The average Bonchev–Trinajstić information content (AvgIpc) is 2.46. The van der Waals surface area contributed by atoms with Gasteiger partial charge in [-0.2, -0.15) is 0 Å². The van der Waals surface area contributed by atoms with Gasteiger partial charge < -0.3 is 15.7 Å². The lowest BCUT2D eigenvalue weighted by molar-refractivity contribution is -0.385. The number of nitrogens with two attached hydrogens (primary N) is 1. The molecule has 1 aromatic carbocycles. The second kappa shape index (κ2) is 5.78. The maximum Gasteiger partial charge on any atom is 0.342 e. The highest BCUT2D eigenvalue weighted by Gasteiger charge is 2.26. The molecule has 3 N–H and O–H groups in total. The molecule has 1 fully saturated rings. The number of rotatable bonds is 4. The van der Waals surface area contributed by atoms with Crippen molar-refractivity contribution in [2.24, 2.45) is 11.7 Å². The van der Waals surface area contributed by atoms with E-state index in [1.807, 2.05) is 4.90 Å². The molecule has 0 saturated carbocycles. The Morgan fingerprint density at radius 3 is 2.43 bits per heavy atom. The third-order valence-corrected chi connectivity index (χ3v) is 3.67. The van der Waals surface area contributed by atoms with Gasteiger partial charge in [-0.3, -0.25) is 14.9 Å². The number of anilines is 1. The number of nitro benzene ring substituents is 1. The van der Waals surface area contributed by atoms with Crippen LogP contribution in [0.4, 0.5) is 11.4 Å². The van der Waals surface area contributed by atoms with E-state index in [0.717, 1.165) is 0 Å². The van der Waals surface area contributed by atoms with Crippen LogP contribution in [0.15, 0.2) is 18.2 Å². The molecule has 21 heavy (non-hydrogen) atoms. The quantitative estimate of drug-likeness (QED) is 0.629. The van der Waals surface area contributed by atoms with Crippen LogP contribution in [0.1, 0.15) is 23.2 Å². The van der Waals surface area contributed by atoms with Crippen molar-refractivity contribution in [1.29, 1.82) is 0 Å². The van der Waals surface area contributed by atoms with Gasteiger partial charge in [-0.1, -0.05) is 0 Å². The van der Waals surface area contributed by atoms with Gasteiger partial charge in [0, 0.05) is 30.8 Å². The van der Waals surface area contributed by atoms with Gasteiger partial charge in [0.05, 0.1) is 4.92 Å². The van der Waals surface area contributed by atoms with Crippen molar-refractivity contribution in [2.45, 2.75) is 12.8 Å². The van der Waals surface area contributed by atoms with Crippen molar-refractivity contribution in [1.82, 2.24) is 0 Å². The molecule has 0 unspecified atom stereocenters. The lowest BCUT2D eigenvalue weighted by Crippen LogP contribution is -2.38. The highest BCUT2D eigenvalue weighted by atomic mass is 16.6. The molecule has 1 aliphatic rings. The second-order valence-electron chi connectivity index (χ2n) is 4.93. The number of aromatic carboxylic acids is 1. The molecule has 1 aliphatic heterocycles. The molecular formula is C13H15N3O5. The molecule has 1 heterocycles. The Morgan fingerprint density at radius 1 is 1.33 bits per heavy atom. The molecule has 0 radical (unpaired) electrons. The lowest BCUT2D eigenvalue weighted by Gasteiger charge is -2.32. The molecule has 1 amide bonds. The molecule has 0 aliphatic carbocycles. The number of benzene rings is 1. The van der Waals surface area contributed by atoms with Crippen LogP contribution < -0.4 is 10.6 Å². The summed E-state index contributed by atoms with van der Waals surface area (Å²) >= 11 is 0. The third-order valence-electron chi connectivity index (χ3n) is 3.67. The van der Waals surface area contributed by atoms with Gasteiger partial charge in [-0.05, 0) is 25.0 Å². The minimum atomic E-state index is -1.34. The molecule has 1 aromatic rings. The highest BCUT2D eigenvalue weighted by Crippen LogP contribution is 2.28. The predicted octanol–water partition coefficient (Wildman–Crippen LogP) is 0.995. The number of primary amides is 1. The first-order valence-electron chi connectivity index (χ1n) is 6.46. The molecule has 8 heteroatoms. The SMILES string of the molecule is NC(=O)C1CCN(c2ccc([N+](=O)[O-])c(C(=O)O)c2)CC1. The van der Waals surface area contributed by atoms with Gasteiger partial charge in [0.2, 0.25) is 5.91 Å². The van der Waals surface area contributed by atoms with E-state index in [9.17, 15) is 19.7 Å². The van der Waals surface area contributed by atoms with Gasteiger partial charge in [-0.15, -0.1) is 0 Å². The van der Waals surface area contributed by atoms with Gasteiger partial charge >= 0.3 is 5.97 Å². The Kier molecular flexibility index (Phi) is 4.06. The van der Waals surface area contributed by atoms with Crippen LogP contribution in [0.25, 0.3) is 0 Å². The molecule has 2 rings (SSSR count). The Bertz CT molecular complexity index is 593. The third kappa shape index (κ3) is 3.10. The minimum Gasteiger partial charge on any atom is -0.477 e. The van der Waals surface area contributed by atoms with Gasteiger partial charge in [0.15, 0.2) is 0 Å². The van der Waals surface area contributed by atoms with Crippen molar-refractivity contribution < 1.29 is 19.6 Å². The van der Waals surface area contributed by atoms with Gasteiger partial charge in [0.1, 0.15) is 5.56 Å². The molecule has 1 saturated heterocycles. The van der Waals surface area contributed by atoms with E-state index in [2.05, 4.69) is 0 Å². The number of hydrogen-bond acceptors (Lipinski definition) is 5. The molecular weight excluding hydrogens is 278 g/mol. The standard InChI is InChI=1S/C13H15N3O5/c14-12(17)8-3-5-15(6-4-8)9-1-2-11(16(20)21)10(7-9)13(18)19/h1-2,7-8H,3-6H2,(H2,14,17)(H,18,19). The summed E-state index contributed by atoms with van der Waals surface area (Å²) in [5.41, 5.74) is 5.09. The Hall–Kier alpha value is -2.64. The molecule has 0 spiro atoms. The maximum absolute atomic E-state index is 11.1. The van der Waals surface area contributed by atoms with Crippen molar-refractivity contribution in [3.63, 3.8) is 0 Å². The first kappa shape index (κ1) is 14.8. The zero-order valence-electron chi connectivity index (χ0n) is 11.2. The van der Waals surface area contributed by atoms with Crippen LogP contribution in [0, 0.1) is 16.0 Å². The molecule has 112 valence electrons. The topological polar surface area (TPSA) is 127 Å². The Balaban J connectivity index is 2.22. The normalized spacial score (nSPS) is 15.7. The summed E-state index contributed by atoms with van der Waals surface area (Å²) < 4.78 is 0. The van der Waals surface area contributed by atoms with Gasteiger partial charge in [0.25, 0.3) is 5.69 Å². The second-order valence-corrected chi connectivity index (χ2v) is 4.93. The fraction of sp³-hybridized carbons (Fsp3) is 0.385. The van der Waals surface area contributed by atoms with E-state index < -0.39 is 16.6 Å². The van der Waals surface area contributed by atoms with Crippen LogP contribution in [-0.4, -0.2) is 35.0 Å². The summed E-state index contributed by atoms with van der Waals surface area (Å²) in [7, 11) is 0. The van der Waals surface area contributed by atoms with Crippen LogP contribution >= 0.6 is 0 Å². The first-order chi connectivity index (χ1) is 9.90. The largest absolute Gasteiger partial charge is 0.477 e. The molecule has 8 nitrogen and oxygen atoms in total. The fourth-order valence-corrected chi connectivity index (χ4v) is 2.47. The fourth-order valence-electron chi connectivity index (χ4n) is 2.47. The monoisotopic (exact) mass is 293 g/mol. The average molecular weight is 293 g/mol. The minimum absolute atomic E-state index is 0.168. The van der Waals surface area contributed by atoms with Crippen LogP contribution in [-0.2, 0) is 4.79 Å². The van der Waals surface area contributed by atoms with E-state index in [1.165, 1.54) is 18.2 Å². The number of carboxylic acid groups (broad SMARTS) is 1. The van der Waals surface area contributed by atoms with E-state index in [-0.39, 0.29) is 17.4 Å². The van der Waals surface area contributed by atoms with E-state index in [1.54, 1.807) is 0 Å². The van der Waals surface area contributed by atoms with Crippen LogP contribution in [0.5, 0.6) is 0 Å². The van der Waals surface area contributed by atoms with Crippen LogP contribution in [0.3, 0.4) is 0 Å². The Labute approximate surface area is 120 Å². The number of carboxylic acids is 1. The first-order valence-corrected chi connectivity index (χ1v) is 6.46. The summed E-state index contributed by atoms with van der Waals surface area (Å²) in [5, 5.41) is 19.9. The van der Waals surface area contributed by atoms with Crippen LogP contribution in [0.2, 0.25) is 0 Å². The smallest absolute Gasteiger partial charge is 0.342 e. The summed E-state index contributed by atoms with van der Waals surface area (Å²) in [4.78, 5) is 34.2. The lowest BCUT2D eigenvalue weighted by atomic mass is 9.95. The summed E-state index contributed by atoms with van der Waals surface area (Å²) in [6.45, 7) is 1.12. The summed E-state index contributed by atoms with van der Waals surface area (Å²) in [5.74, 6) is -1.83. The Morgan fingerprint density at radius 2 is 1.95 bits per heavy atom. The number of hydrogen-bond donors (Lipinski definition) is 2. The molecule has 0 atom stereocenters. The van der Waals surface area contributed by atoms with E-state index in [4.69, 9.17) is 10.8 Å². The predicted molar refractivity (Wildman–Crippen MR) is 74.2 cm³/mol. The zero-order chi connectivity index (χ0) is 15.6. The maximum atomic E-state index is 11.1. The number of amides is 1.